The van der Waals surface area contributed by atoms with Crippen LogP contribution in [0.2, 0.25) is 0 Å². The summed E-state index contributed by atoms with van der Waals surface area (Å²) >= 11 is 1.89. The average Bonchev–Trinajstić information content (AvgIpc) is 2.73. The van der Waals surface area contributed by atoms with Gasteiger partial charge in [0, 0.05) is 22.4 Å². The number of nitrogens with zero attached hydrogens (tertiary/aromatic N) is 1. The maximum atomic E-state index is 5.06. The molecule has 0 aromatic heterocycles. The third-order valence-electron chi connectivity index (χ3n) is 5.14. The summed E-state index contributed by atoms with van der Waals surface area (Å²) in [5.41, 5.74) is 1.23. The van der Waals surface area contributed by atoms with Gasteiger partial charge in [-0.3, -0.25) is 4.99 Å². The summed E-state index contributed by atoms with van der Waals surface area (Å²) in [6.45, 7) is 4.52. The van der Waals surface area contributed by atoms with Gasteiger partial charge < -0.3 is 0 Å². The van der Waals surface area contributed by atoms with E-state index in [1.807, 2.05) is 11.8 Å². The predicted molar refractivity (Wildman–Crippen MR) is 125 cm³/mol. The zero-order valence-electron chi connectivity index (χ0n) is 16.4. The molecule has 4 aromatic rings. The summed E-state index contributed by atoms with van der Waals surface area (Å²) in [6, 6.07) is 30.3. The van der Waals surface area contributed by atoms with Crippen LogP contribution in [0.25, 0.3) is 21.5 Å². The molecular weight excluding hydrogens is 358 g/mol. The van der Waals surface area contributed by atoms with Crippen LogP contribution in [-0.2, 0) is 0 Å². The molecule has 1 nitrogen and oxygen atoms in total. The summed E-state index contributed by atoms with van der Waals surface area (Å²) < 4.78 is 0. The Labute approximate surface area is 171 Å². The van der Waals surface area contributed by atoms with Gasteiger partial charge in [0.15, 0.2) is 0 Å². The number of thioether (sulfide) groups is 1. The van der Waals surface area contributed by atoms with Crippen molar-refractivity contribution in [3.63, 3.8) is 0 Å². The highest BCUT2D eigenvalue weighted by molar-refractivity contribution is 7.99. The highest BCUT2D eigenvalue weighted by atomic mass is 32.2. The second-order valence-electron chi connectivity index (χ2n) is 7.45. The van der Waals surface area contributed by atoms with Gasteiger partial charge in [-0.05, 0) is 45.7 Å². The van der Waals surface area contributed by atoms with Gasteiger partial charge >= 0.3 is 0 Å². The molecule has 0 amide bonds. The minimum absolute atomic E-state index is 0.280. The van der Waals surface area contributed by atoms with Crippen molar-refractivity contribution in [2.75, 3.05) is 5.75 Å². The predicted octanol–water partition coefficient (Wildman–Crippen LogP) is 7.23. The maximum absolute atomic E-state index is 5.06. The molecule has 0 fully saturated rings. The average molecular weight is 384 g/mol. The van der Waals surface area contributed by atoms with Crippen molar-refractivity contribution in [2.24, 2.45) is 10.9 Å². The summed E-state index contributed by atoms with van der Waals surface area (Å²) in [6.07, 6.45) is 2.11. The Morgan fingerprint density at radius 1 is 0.786 bits per heavy atom. The van der Waals surface area contributed by atoms with Crippen molar-refractivity contribution in [2.45, 2.75) is 24.8 Å². The topological polar surface area (TPSA) is 12.4 Å². The summed E-state index contributed by atoms with van der Waals surface area (Å²) in [5.74, 6) is 1.48. The number of benzene rings is 4. The summed E-state index contributed by atoms with van der Waals surface area (Å²) in [7, 11) is 0. The van der Waals surface area contributed by atoms with Gasteiger partial charge in [0.05, 0.1) is 6.04 Å². The molecule has 0 bridgehead atoms. The molecule has 140 valence electrons. The van der Waals surface area contributed by atoms with Crippen molar-refractivity contribution in [3.05, 3.63) is 90.5 Å². The fourth-order valence-corrected chi connectivity index (χ4v) is 4.65. The van der Waals surface area contributed by atoms with Gasteiger partial charge in [-0.1, -0.05) is 80.6 Å². The fraction of sp³-hybridized carbons (Fsp3) is 0.192. The SMILES string of the molecule is CC(C)[C@@H](CSc1ccccc1)N=Cc1c2ccccc2cc2ccccc12. The van der Waals surface area contributed by atoms with Crippen LogP contribution < -0.4 is 0 Å². The van der Waals surface area contributed by atoms with Crippen LogP contribution in [0.15, 0.2) is 94.8 Å². The van der Waals surface area contributed by atoms with Crippen molar-refractivity contribution in [3.8, 4) is 0 Å². The first-order chi connectivity index (χ1) is 13.7. The van der Waals surface area contributed by atoms with E-state index in [9.17, 15) is 0 Å². The Hall–Kier alpha value is -2.58. The molecule has 0 radical (unpaired) electrons. The van der Waals surface area contributed by atoms with Crippen LogP contribution in [0.1, 0.15) is 19.4 Å². The molecule has 28 heavy (non-hydrogen) atoms. The second-order valence-corrected chi connectivity index (χ2v) is 8.54. The molecule has 0 unspecified atom stereocenters. The Balaban J connectivity index is 1.68. The molecule has 0 aliphatic rings. The molecule has 0 aliphatic carbocycles. The minimum atomic E-state index is 0.280. The molecule has 0 aliphatic heterocycles. The van der Waals surface area contributed by atoms with E-state index in [0.29, 0.717) is 5.92 Å². The highest BCUT2D eigenvalue weighted by Crippen LogP contribution is 2.28. The first-order valence-corrected chi connectivity index (χ1v) is 10.8. The van der Waals surface area contributed by atoms with Crippen LogP contribution in [0, 0.1) is 5.92 Å². The first-order valence-electron chi connectivity index (χ1n) is 9.84. The van der Waals surface area contributed by atoms with E-state index in [0.717, 1.165) is 5.75 Å². The lowest BCUT2D eigenvalue weighted by atomic mass is 9.97. The third-order valence-corrected chi connectivity index (χ3v) is 6.26. The Morgan fingerprint density at radius 2 is 1.36 bits per heavy atom. The van der Waals surface area contributed by atoms with Crippen LogP contribution >= 0.6 is 11.8 Å². The van der Waals surface area contributed by atoms with E-state index in [1.54, 1.807) is 0 Å². The van der Waals surface area contributed by atoms with E-state index in [2.05, 4.69) is 105 Å². The smallest absolute Gasteiger partial charge is 0.0616 e. The highest BCUT2D eigenvalue weighted by Gasteiger charge is 2.13. The summed E-state index contributed by atoms with van der Waals surface area (Å²) in [4.78, 5) is 6.37. The lowest BCUT2D eigenvalue weighted by Crippen LogP contribution is -2.16. The van der Waals surface area contributed by atoms with Gasteiger partial charge in [0.1, 0.15) is 0 Å². The van der Waals surface area contributed by atoms with Gasteiger partial charge in [-0.2, -0.15) is 0 Å². The monoisotopic (exact) mass is 383 g/mol. The lowest BCUT2D eigenvalue weighted by Gasteiger charge is -2.16. The Bertz CT molecular complexity index is 1050. The normalized spacial score (nSPS) is 13.0. The minimum Gasteiger partial charge on any atom is -0.288 e. The van der Waals surface area contributed by atoms with Crippen molar-refractivity contribution >= 4 is 39.5 Å². The van der Waals surface area contributed by atoms with E-state index < -0.39 is 0 Å². The Kier molecular flexibility index (Phi) is 5.78. The number of fused-ring (bicyclic) bond motifs is 2. The van der Waals surface area contributed by atoms with Gasteiger partial charge in [-0.15, -0.1) is 11.8 Å². The fourth-order valence-electron chi connectivity index (χ4n) is 3.46. The molecule has 4 rings (SSSR count). The Morgan fingerprint density at radius 3 is 1.96 bits per heavy atom. The van der Waals surface area contributed by atoms with E-state index in [4.69, 9.17) is 4.99 Å². The largest absolute Gasteiger partial charge is 0.288 e. The number of aliphatic imine (C=N–C) groups is 1. The molecule has 0 heterocycles. The van der Waals surface area contributed by atoms with Crippen LogP contribution in [0.3, 0.4) is 0 Å². The summed E-state index contributed by atoms with van der Waals surface area (Å²) in [5, 5.41) is 5.07. The van der Waals surface area contributed by atoms with Crippen molar-refractivity contribution < 1.29 is 0 Å². The van der Waals surface area contributed by atoms with Crippen LogP contribution in [-0.4, -0.2) is 18.0 Å². The molecular formula is C26H25NS. The zero-order chi connectivity index (χ0) is 19.3. The van der Waals surface area contributed by atoms with Crippen molar-refractivity contribution in [1.29, 1.82) is 0 Å². The molecule has 0 spiro atoms. The quantitative estimate of drug-likeness (QED) is 0.194. The van der Waals surface area contributed by atoms with Crippen LogP contribution in [0.5, 0.6) is 0 Å². The standard InChI is InChI=1S/C26H25NS/c1-19(2)26(18-28-22-12-4-3-5-13-22)27-17-25-23-14-8-6-10-20(23)16-21-11-7-9-15-24(21)25/h3-17,19,26H,18H2,1-2H3/t26-/m1/s1. The number of hydrogen-bond acceptors (Lipinski definition) is 2. The lowest BCUT2D eigenvalue weighted by molar-refractivity contribution is 0.540. The van der Waals surface area contributed by atoms with E-state index in [1.165, 1.54) is 32.0 Å². The zero-order valence-corrected chi connectivity index (χ0v) is 17.2. The molecule has 2 heteroatoms. The third kappa shape index (κ3) is 4.13. The van der Waals surface area contributed by atoms with Gasteiger partial charge in [0.25, 0.3) is 0 Å². The second kappa shape index (κ2) is 8.62. The maximum Gasteiger partial charge on any atom is 0.0616 e. The first kappa shape index (κ1) is 18.8. The van der Waals surface area contributed by atoms with E-state index in [-0.39, 0.29) is 6.04 Å². The van der Waals surface area contributed by atoms with Gasteiger partial charge in [-0.25, -0.2) is 0 Å². The molecule has 0 saturated carbocycles. The molecule has 0 N–H and O–H groups in total. The number of hydrogen-bond donors (Lipinski definition) is 0. The van der Waals surface area contributed by atoms with E-state index >= 15 is 0 Å². The molecule has 4 aromatic carbocycles. The number of rotatable bonds is 6. The van der Waals surface area contributed by atoms with Crippen LogP contribution in [0.4, 0.5) is 0 Å². The molecule has 0 saturated heterocycles. The van der Waals surface area contributed by atoms with Crippen molar-refractivity contribution in [1.82, 2.24) is 0 Å². The van der Waals surface area contributed by atoms with Gasteiger partial charge in [0.2, 0.25) is 0 Å². The molecule has 1 atom stereocenters.